The summed E-state index contributed by atoms with van der Waals surface area (Å²) < 4.78 is 1.13. The van der Waals surface area contributed by atoms with Gasteiger partial charge in [-0.1, -0.05) is 13.3 Å². The van der Waals surface area contributed by atoms with E-state index in [2.05, 4.69) is 45.8 Å². The van der Waals surface area contributed by atoms with Gasteiger partial charge in [0.25, 0.3) is 0 Å². The highest BCUT2D eigenvalue weighted by atomic mass is 127. The lowest BCUT2D eigenvalue weighted by Crippen LogP contribution is -1.83. The molecule has 0 saturated heterocycles. The molecule has 0 unspecified atom stereocenters. The minimum absolute atomic E-state index is 1.11. The van der Waals surface area contributed by atoms with Crippen molar-refractivity contribution in [2.45, 2.75) is 26.2 Å². The second kappa shape index (κ2) is 3.95. The summed E-state index contributed by atoms with van der Waals surface area (Å²) in [4.78, 5) is 0. The Bertz CT molecular complexity index is 195. The summed E-state index contributed by atoms with van der Waals surface area (Å²) in [5, 5.41) is 7.03. The number of nitrogens with one attached hydrogen (secondary N) is 1. The zero-order chi connectivity index (χ0) is 7.40. The van der Waals surface area contributed by atoms with Gasteiger partial charge >= 0.3 is 0 Å². The number of aromatic amines is 1. The number of hydrogen-bond acceptors (Lipinski definition) is 1. The van der Waals surface area contributed by atoms with Crippen LogP contribution in [-0.4, -0.2) is 10.2 Å². The minimum atomic E-state index is 1.11. The summed E-state index contributed by atoms with van der Waals surface area (Å²) in [6.07, 6.45) is 3.58. The van der Waals surface area contributed by atoms with Crippen molar-refractivity contribution in [2.75, 3.05) is 0 Å². The van der Waals surface area contributed by atoms with Crippen LogP contribution in [0.3, 0.4) is 0 Å². The van der Waals surface area contributed by atoms with E-state index in [1.165, 1.54) is 18.5 Å². The standard InChI is InChI=1S/C7H11IN2/c1-2-3-4-6-5-7(8)10-9-6/h5H,2-4H2,1H3,(H,9,10). The molecule has 1 heterocycles. The molecular weight excluding hydrogens is 239 g/mol. The van der Waals surface area contributed by atoms with E-state index in [0.717, 1.165) is 10.1 Å². The lowest BCUT2D eigenvalue weighted by atomic mass is 10.2. The van der Waals surface area contributed by atoms with Crippen molar-refractivity contribution in [3.8, 4) is 0 Å². The second-order valence-electron chi connectivity index (χ2n) is 2.31. The number of hydrogen-bond donors (Lipinski definition) is 1. The largest absolute Gasteiger partial charge is 0.272 e. The molecule has 0 aliphatic carbocycles. The lowest BCUT2D eigenvalue weighted by molar-refractivity contribution is 0.772. The smallest absolute Gasteiger partial charge is 0.0960 e. The third-order valence-corrected chi connectivity index (χ3v) is 1.94. The van der Waals surface area contributed by atoms with Crippen LogP contribution in [0.5, 0.6) is 0 Å². The first kappa shape index (κ1) is 8.04. The number of nitrogens with zero attached hydrogens (tertiary/aromatic N) is 1. The quantitative estimate of drug-likeness (QED) is 0.819. The highest BCUT2D eigenvalue weighted by Crippen LogP contribution is 2.05. The van der Waals surface area contributed by atoms with Gasteiger partial charge in [0, 0.05) is 0 Å². The molecular formula is C7H11IN2. The molecule has 10 heavy (non-hydrogen) atoms. The van der Waals surface area contributed by atoms with E-state index in [4.69, 9.17) is 0 Å². The first-order chi connectivity index (χ1) is 4.83. The number of H-pyrrole nitrogens is 1. The molecule has 0 aliphatic rings. The van der Waals surface area contributed by atoms with Gasteiger partial charge in [-0.2, -0.15) is 5.10 Å². The van der Waals surface area contributed by atoms with E-state index in [1.54, 1.807) is 0 Å². The number of aromatic nitrogens is 2. The first-order valence-electron chi connectivity index (χ1n) is 3.52. The van der Waals surface area contributed by atoms with Gasteiger partial charge in [0.2, 0.25) is 0 Å². The fourth-order valence-electron chi connectivity index (χ4n) is 0.822. The number of aryl methyl sites for hydroxylation is 1. The van der Waals surface area contributed by atoms with Gasteiger partial charge in [0.1, 0.15) is 0 Å². The van der Waals surface area contributed by atoms with Crippen molar-refractivity contribution in [1.29, 1.82) is 0 Å². The van der Waals surface area contributed by atoms with E-state index >= 15 is 0 Å². The topological polar surface area (TPSA) is 28.7 Å². The molecule has 0 bridgehead atoms. The van der Waals surface area contributed by atoms with Crippen LogP contribution in [0.1, 0.15) is 25.5 Å². The van der Waals surface area contributed by atoms with Crippen molar-refractivity contribution >= 4 is 22.6 Å². The Morgan fingerprint density at radius 3 is 3.00 bits per heavy atom. The molecule has 0 atom stereocenters. The molecule has 1 rings (SSSR count). The van der Waals surface area contributed by atoms with E-state index < -0.39 is 0 Å². The van der Waals surface area contributed by atoms with Gasteiger partial charge < -0.3 is 0 Å². The van der Waals surface area contributed by atoms with Crippen molar-refractivity contribution in [2.24, 2.45) is 0 Å². The normalized spacial score (nSPS) is 10.2. The minimum Gasteiger partial charge on any atom is -0.272 e. The maximum Gasteiger partial charge on any atom is 0.0960 e. The number of rotatable bonds is 3. The molecule has 0 aliphatic heterocycles. The van der Waals surface area contributed by atoms with Gasteiger partial charge in [-0.3, -0.25) is 5.10 Å². The predicted molar refractivity (Wildman–Crippen MR) is 49.9 cm³/mol. The van der Waals surface area contributed by atoms with E-state index in [1.807, 2.05) is 0 Å². The molecule has 0 amide bonds. The van der Waals surface area contributed by atoms with Gasteiger partial charge in [-0.05, 0) is 41.5 Å². The molecule has 1 aromatic heterocycles. The monoisotopic (exact) mass is 250 g/mol. The molecule has 2 nitrogen and oxygen atoms in total. The SMILES string of the molecule is CCCCc1cc(I)[nH]n1. The molecule has 1 N–H and O–H groups in total. The Morgan fingerprint density at radius 2 is 2.50 bits per heavy atom. The predicted octanol–water partition coefficient (Wildman–Crippen LogP) is 2.36. The lowest BCUT2D eigenvalue weighted by Gasteiger charge is -1.89. The molecule has 0 saturated carbocycles. The fraction of sp³-hybridized carbons (Fsp3) is 0.571. The van der Waals surface area contributed by atoms with Crippen LogP contribution in [0.4, 0.5) is 0 Å². The molecule has 0 aromatic carbocycles. The van der Waals surface area contributed by atoms with Crippen LogP contribution in [0.15, 0.2) is 6.07 Å². The summed E-state index contributed by atoms with van der Waals surface area (Å²) in [5.74, 6) is 0. The van der Waals surface area contributed by atoms with E-state index in [-0.39, 0.29) is 0 Å². The summed E-state index contributed by atoms with van der Waals surface area (Å²) >= 11 is 2.23. The van der Waals surface area contributed by atoms with Crippen LogP contribution in [0, 0.1) is 3.70 Å². The summed E-state index contributed by atoms with van der Waals surface area (Å²) in [6, 6.07) is 2.09. The average molecular weight is 250 g/mol. The van der Waals surface area contributed by atoms with Crippen molar-refractivity contribution in [3.05, 3.63) is 15.5 Å². The molecule has 1 aromatic rings. The highest BCUT2D eigenvalue weighted by Gasteiger charge is 1.95. The number of unbranched alkanes of at least 4 members (excludes halogenated alkanes) is 1. The maximum absolute atomic E-state index is 4.12. The first-order valence-corrected chi connectivity index (χ1v) is 4.60. The Morgan fingerprint density at radius 1 is 1.70 bits per heavy atom. The zero-order valence-corrected chi connectivity index (χ0v) is 8.18. The molecule has 0 radical (unpaired) electrons. The van der Waals surface area contributed by atoms with Crippen LogP contribution in [-0.2, 0) is 6.42 Å². The van der Waals surface area contributed by atoms with Crippen molar-refractivity contribution in [3.63, 3.8) is 0 Å². The maximum atomic E-state index is 4.12. The molecule has 3 heteroatoms. The van der Waals surface area contributed by atoms with Gasteiger partial charge in [0.15, 0.2) is 0 Å². The van der Waals surface area contributed by atoms with Crippen LogP contribution < -0.4 is 0 Å². The third-order valence-electron chi connectivity index (χ3n) is 1.39. The van der Waals surface area contributed by atoms with Crippen molar-refractivity contribution in [1.82, 2.24) is 10.2 Å². The van der Waals surface area contributed by atoms with Crippen LogP contribution >= 0.6 is 22.6 Å². The Kier molecular flexibility index (Phi) is 3.18. The van der Waals surface area contributed by atoms with Crippen LogP contribution in [0.2, 0.25) is 0 Å². The Hall–Kier alpha value is -0.0600. The average Bonchev–Trinajstić information content (AvgIpc) is 2.31. The highest BCUT2D eigenvalue weighted by molar-refractivity contribution is 14.1. The fourth-order valence-corrected chi connectivity index (χ4v) is 1.30. The summed E-state index contributed by atoms with van der Waals surface area (Å²) in [5.41, 5.74) is 1.19. The van der Waals surface area contributed by atoms with Gasteiger partial charge in [-0.15, -0.1) is 0 Å². The van der Waals surface area contributed by atoms with E-state index in [9.17, 15) is 0 Å². The summed E-state index contributed by atoms with van der Waals surface area (Å²) in [7, 11) is 0. The Balaban J connectivity index is 2.42. The molecule has 0 spiro atoms. The summed E-state index contributed by atoms with van der Waals surface area (Å²) in [6.45, 7) is 2.19. The Labute approximate surface area is 74.6 Å². The van der Waals surface area contributed by atoms with Crippen LogP contribution in [0.25, 0.3) is 0 Å². The van der Waals surface area contributed by atoms with Gasteiger partial charge in [0.05, 0.1) is 9.39 Å². The zero-order valence-electron chi connectivity index (χ0n) is 6.02. The van der Waals surface area contributed by atoms with Crippen molar-refractivity contribution < 1.29 is 0 Å². The number of halogens is 1. The third kappa shape index (κ3) is 2.28. The van der Waals surface area contributed by atoms with Gasteiger partial charge in [-0.25, -0.2) is 0 Å². The second-order valence-corrected chi connectivity index (χ2v) is 3.47. The molecule has 56 valence electrons. The van der Waals surface area contributed by atoms with E-state index in [0.29, 0.717) is 0 Å². The molecule has 0 fully saturated rings.